The first-order chi connectivity index (χ1) is 15.3. The average Bonchev–Trinajstić information content (AvgIpc) is 2.71. The zero-order chi connectivity index (χ0) is 24.0. The van der Waals surface area contributed by atoms with Gasteiger partial charge in [-0.25, -0.2) is 4.57 Å². The first-order valence-corrected chi connectivity index (χ1v) is 17.6. The quantitative estimate of drug-likeness (QED) is 0.0754. The van der Waals surface area contributed by atoms with Crippen molar-refractivity contribution in [1.29, 1.82) is 0 Å². The van der Waals surface area contributed by atoms with Crippen molar-refractivity contribution in [3.8, 4) is 0 Å². The fourth-order valence-corrected chi connectivity index (χ4v) is 7.05. The first kappa shape index (κ1) is 32.8. The molecule has 0 aliphatic carbocycles. The fraction of sp³-hybridized carbons (Fsp3) is 1.00. The molecule has 0 aromatic heterocycles. The van der Waals surface area contributed by atoms with E-state index >= 15 is 0 Å². The second kappa shape index (κ2) is 22.3. The normalized spacial score (nSPS) is 14.0. The lowest BCUT2D eigenvalue weighted by molar-refractivity contribution is -0.870. The predicted octanol–water partition coefficient (Wildman–Crippen LogP) is 8.54. The minimum Gasteiger partial charge on any atom is -0.329 e. The molecule has 0 rings (SSSR count). The Hall–Kier alpha value is 0.810. The molecule has 7 heteroatoms. The van der Waals surface area contributed by atoms with Gasteiger partial charge >= 0.3 is 6.80 Å². The van der Waals surface area contributed by atoms with Gasteiger partial charge in [-0.15, -0.1) is 0 Å². The molecule has 1 unspecified atom stereocenters. The van der Waals surface area contributed by atoms with E-state index in [1.807, 2.05) is 11.8 Å². The molecule has 0 fully saturated rings. The number of unbranched alkanes of at least 4 members (excludes halogenated alkanes) is 14. The van der Waals surface area contributed by atoms with Gasteiger partial charge in [0.25, 0.3) is 0 Å². The SMILES string of the molecule is CCCCCCCCCCCCCCCCCSCCCSP(=O)(O)OCC[N+](C)(C)C. The van der Waals surface area contributed by atoms with Gasteiger partial charge in [0.1, 0.15) is 13.2 Å². The highest BCUT2D eigenvalue weighted by molar-refractivity contribution is 8.54. The molecule has 1 N–H and O–H groups in total. The van der Waals surface area contributed by atoms with Crippen LogP contribution in [0.15, 0.2) is 0 Å². The van der Waals surface area contributed by atoms with E-state index in [4.69, 9.17) is 4.52 Å². The summed E-state index contributed by atoms with van der Waals surface area (Å²) in [5, 5.41) is 0. The second-order valence-electron chi connectivity index (χ2n) is 10.1. The van der Waals surface area contributed by atoms with Gasteiger partial charge in [-0.3, -0.25) is 4.52 Å². The Labute approximate surface area is 209 Å². The van der Waals surface area contributed by atoms with Crippen LogP contribution in [0, 0.1) is 0 Å². The van der Waals surface area contributed by atoms with Gasteiger partial charge in [0.2, 0.25) is 0 Å². The Bertz CT molecular complexity index is 447. The van der Waals surface area contributed by atoms with Crippen LogP contribution in [0.2, 0.25) is 0 Å². The average molecular weight is 513 g/mol. The van der Waals surface area contributed by atoms with E-state index < -0.39 is 6.80 Å². The van der Waals surface area contributed by atoms with Crippen LogP contribution in [0.4, 0.5) is 0 Å². The Morgan fingerprint density at radius 3 is 1.59 bits per heavy atom. The molecule has 1 atom stereocenters. The second-order valence-corrected chi connectivity index (χ2v) is 15.3. The van der Waals surface area contributed by atoms with Gasteiger partial charge in [0.05, 0.1) is 21.1 Å². The van der Waals surface area contributed by atoms with Gasteiger partial charge in [-0.2, -0.15) is 11.8 Å². The molecule has 4 nitrogen and oxygen atoms in total. The molecule has 0 aliphatic rings. The van der Waals surface area contributed by atoms with Crippen LogP contribution in [0.5, 0.6) is 0 Å². The van der Waals surface area contributed by atoms with Gasteiger partial charge in [-0.05, 0) is 35.7 Å². The van der Waals surface area contributed by atoms with E-state index in [1.54, 1.807) is 0 Å². The molecule has 0 saturated heterocycles. The molecule has 0 spiro atoms. The smallest absolute Gasteiger partial charge is 0.329 e. The topological polar surface area (TPSA) is 46.5 Å². The van der Waals surface area contributed by atoms with Crippen molar-refractivity contribution in [1.82, 2.24) is 0 Å². The molecule has 0 aliphatic heterocycles. The van der Waals surface area contributed by atoms with Crippen LogP contribution in [-0.2, 0) is 9.09 Å². The maximum atomic E-state index is 12.0. The maximum Gasteiger partial charge on any atom is 0.386 e. The molecular weight excluding hydrogens is 457 g/mol. The number of thioether (sulfide) groups is 1. The summed E-state index contributed by atoms with van der Waals surface area (Å²) in [4.78, 5) is 9.85. The molecule has 0 aromatic rings. The highest BCUT2D eigenvalue weighted by Crippen LogP contribution is 2.55. The van der Waals surface area contributed by atoms with Gasteiger partial charge < -0.3 is 9.38 Å². The summed E-state index contributed by atoms with van der Waals surface area (Å²) in [5.41, 5.74) is 0. The molecular formula is C25H55NO3PS2+. The lowest BCUT2D eigenvalue weighted by Crippen LogP contribution is -2.37. The molecule has 0 bridgehead atoms. The summed E-state index contributed by atoms with van der Waals surface area (Å²) in [5.74, 6) is 2.99. The minimum absolute atomic E-state index is 0.332. The molecule has 0 aromatic carbocycles. The minimum atomic E-state index is -3.48. The van der Waals surface area contributed by atoms with E-state index in [0.717, 1.165) is 34.6 Å². The van der Waals surface area contributed by atoms with Crippen molar-refractivity contribution < 1.29 is 18.5 Å². The maximum absolute atomic E-state index is 12.0. The Kier molecular flexibility index (Phi) is 22.8. The zero-order valence-electron chi connectivity index (χ0n) is 21.8. The van der Waals surface area contributed by atoms with Crippen LogP contribution in [0.1, 0.15) is 110 Å². The number of quaternary nitrogens is 1. The fourth-order valence-electron chi connectivity index (χ4n) is 3.49. The number of likely N-dealkylation sites (N-methyl/N-ethyl adjacent to an activating group) is 1. The number of hydrogen-bond acceptors (Lipinski definition) is 4. The highest BCUT2D eigenvalue weighted by atomic mass is 32.7. The molecule has 0 radical (unpaired) electrons. The Morgan fingerprint density at radius 1 is 0.688 bits per heavy atom. The van der Waals surface area contributed by atoms with Crippen molar-refractivity contribution in [3.63, 3.8) is 0 Å². The largest absolute Gasteiger partial charge is 0.386 e. The van der Waals surface area contributed by atoms with Crippen LogP contribution in [-0.4, -0.2) is 60.9 Å². The van der Waals surface area contributed by atoms with Gasteiger partial charge in [0.15, 0.2) is 0 Å². The van der Waals surface area contributed by atoms with Crippen LogP contribution < -0.4 is 0 Å². The van der Waals surface area contributed by atoms with E-state index in [-0.39, 0.29) is 0 Å². The summed E-state index contributed by atoms with van der Waals surface area (Å²) in [6.45, 7) is -0.122. The molecule has 0 heterocycles. The van der Waals surface area contributed by atoms with E-state index in [0.29, 0.717) is 12.4 Å². The highest BCUT2D eigenvalue weighted by Gasteiger charge is 2.21. The number of nitrogens with zero attached hydrogens (tertiary/aromatic N) is 1. The van der Waals surface area contributed by atoms with Gasteiger partial charge in [-0.1, -0.05) is 96.8 Å². The third kappa shape index (κ3) is 27.1. The van der Waals surface area contributed by atoms with Crippen molar-refractivity contribution in [2.24, 2.45) is 0 Å². The number of hydrogen-bond donors (Lipinski definition) is 1. The van der Waals surface area contributed by atoms with Gasteiger partial charge in [0, 0.05) is 5.75 Å². The summed E-state index contributed by atoms with van der Waals surface area (Å²) < 4.78 is 17.9. The summed E-state index contributed by atoms with van der Waals surface area (Å²) in [6, 6.07) is 0. The summed E-state index contributed by atoms with van der Waals surface area (Å²) >= 11 is 3.07. The van der Waals surface area contributed by atoms with Crippen molar-refractivity contribution >= 4 is 29.9 Å². The Morgan fingerprint density at radius 2 is 1.12 bits per heavy atom. The lowest BCUT2D eigenvalue weighted by atomic mass is 10.0. The Balaban J connectivity index is 3.24. The third-order valence-electron chi connectivity index (χ3n) is 5.60. The van der Waals surface area contributed by atoms with E-state index in [9.17, 15) is 9.46 Å². The van der Waals surface area contributed by atoms with Crippen molar-refractivity contribution in [2.75, 3.05) is 51.6 Å². The van der Waals surface area contributed by atoms with Crippen LogP contribution in [0.25, 0.3) is 0 Å². The zero-order valence-corrected chi connectivity index (χ0v) is 24.4. The lowest BCUT2D eigenvalue weighted by Gasteiger charge is -2.24. The van der Waals surface area contributed by atoms with Crippen LogP contribution >= 0.6 is 29.9 Å². The van der Waals surface area contributed by atoms with E-state index in [1.165, 1.54) is 102 Å². The van der Waals surface area contributed by atoms with Crippen molar-refractivity contribution in [3.05, 3.63) is 0 Å². The third-order valence-corrected chi connectivity index (χ3v) is 9.90. The standard InChI is InChI=1S/C25H54NO3PS2/c1-5-6-7-8-9-10-11-12-13-14-15-16-17-18-19-23-31-24-20-25-32-30(27,28)29-22-21-26(2,3)4/h5-25H2,1-4H3/p+1. The monoisotopic (exact) mass is 512 g/mol. The molecule has 194 valence electrons. The molecule has 0 amide bonds. The van der Waals surface area contributed by atoms with E-state index in [2.05, 4.69) is 28.1 Å². The first-order valence-electron chi connectivity index (χ1n) is 13.3. The van der Waals surface area contributed by atoms with Crippen LogP contribution in [0.3, 0.4) is 0 Å². The van der Waals surface area contributed by atoms with Crippen molar-refractivity contribution in [2.45, 2.75) is 110 Å². The summed E-state index contributed by atoms with van der Waals surface area (Å²) in [6.07, 6.45) is 22.1. The summed E-state index contributed by atoms with van der Waals surface area (Å²) in [7, 11) is 6.15. The molecule has 32 heavy (non-hydrogen) atoms. The predicted molar refractivity (Wildman–Crippen MR) is 148 cm³/mol. The molecule has 0 saturated carbocycles. The number of rotatable bonds is 25.